The van der Waals surface area contributed by atoms with Crippen LogP contribution < -0.4 is 33.8 Å². The van der Waals surface area contributed by atoms with Crippen molar-refractivity contribution >= 4 is 68.2 Å². The van der Waals surface area contributed by atoms with Crippen molar-refractivity contribution in [2.75, 3.05) is 40.9 Å². The maximum Gasteiger partial charge on any atom is 0.119 e. The van der Waals surface area contributed by atoms with E-state index in [1.165, 1.54) is 0 Å². The van der Waals surface area contributed by atoms with Crippen molar-refractivity contribution in [3.05, 3.63) is 234 Å². The van der Waals surface area contributed by atoms with E-state index in [2.05, 4.69) is 225 Å². The maximum atomic E-state index is 5.57. The summed E-state index contributed by atoms with van der Waals surface area (Å²) in [5, 5.41) is 0. The van der Waals surface area contributed by atoms with E-state index < -0.39 is 0 Å². The van der Waals surface area contributed by atoms with Crippen LogP contribution in [-0.4, -0.2) is 21.3 Å². The molecular weight excluding hydrogens is 861 g/mol. The summed E-state index contributed by atoms with van der Waals surface area (Å²) in [6, 6.07) is 70.7. The lowest BCUT2D eigenvalue weighted by atomic mass is 9.98. The zero-order chi connectivity index (χ0) is 48.9. The van der Waals surface area contributed by atoms with Crippen LogP contribution in [0.5, 0.6) is 17.2 Å². The van der Waals surface area contributed by atoms with Crippen LogP contribution in [0.4, 0.5) is 68.2 Å². The average Bonchev–Trinajstić information content (AvgIpc) is 3.39. The number of para-hydroxylation sites is 3. The van der Waals surface area contributed by atoms with Gasteiger partial charge < -0.3 is 33.8 Å². The van der Waals surface area contributed by atoms with Gasteiger partial charge in [0.1, 0.15) is 17.2 Å². The summed E-state index contributed by atoms with van der Waals surface area (Å²) in [7, 11) is 5.11. The predicted molar refractivity (Wildman–Crippen MR) is 293 cm³/mol. The molecule has 9 aromatic carbocycles. The number of methoxy groups -OCH3 is 3. The molecule has 7 nitrogen and oxygen atoms in total. The topological polar surface area (TPSA) is 40.7 Å². The SMILES string of the molecule is COc1ccc(N(c2ccccc2)c2cc(C)c(N(c3cc(C)c(N(c4ccccc4)c4ccc(OC)cc4)cc3C)c3cc(C)c(N(c4ccccc4)c4ccc(OC)cc4)cc3C)cc2C)cc1. The van der Waals surface area contributed by atoms with Crippen molar-refractivity contribution in [1.82, 2.24) is 0 Å². The largest absolute Gasteiger partial charge is 0.497 e. The van der Waals surface area contributed by atoms with Crippen molar-refractivity contribution < 1.29 is 14.2 Å². The third-order valence-corrected chi connectivity index (χ3v) is 13.0. The second-order valence-corrected chi connectivity index (χ2v) is 17.7. The van der Waals surface area contributed by atoms with Crippen LogP contribution in [0.2, 0.25) is 0 Å². The monoisotopic (exact) mass is 920 g/mol. The molecule has 0 aliphatic rings. The molecule has 0 atom stereocenters. The van der Waals surface area contributed by atoms with Gasteiger partial charge in [0.05, 0.1) is 21.3 Å². The summed E-state index contributed by atoms with van der Waals surface area (Å²) in [6.07, 6.45) is 0. The second kappa shape index (κ2) is 20.4. The van der Waals surface area contributed by atoms with Crippen LogP contribution in [0.15, 0.2) is 200 Å². The minimum Gasteiger partial charge on any atom is -0.497 e. The fourth-order valence-electron chi connectivity index (χ4n) is 9.40. The third kappa shape index (κ3) is 9.39. The van der Waals surface area contributed by atoms with E-state index in [4.69, 9.17) is 14.2 Å². The highest BCUT2D eigenvalue weighted by atomic mass is 16.5. The Bertz CT molecular complexity index is 2870. The van der Waals surface area contributed by atoms with E-state index in [0.717, 1.165) is 119 Å². The molecule has 0 amide bonds. The van der Waals surface area contributed by atoms with Gasteiger partial charge in [-0.25, -0.2) is 0 Å². The number of rotatable bonds is 15. The summed E-state index contributed by atoms with van der Waals surface area (Å²) in [5.74, 6) is 2.45. The van der Waals surface area contributed by atoms with Crippen LogP contribution in [0.1, 0.15) is 33.4 Å². The normalized spacial score (nSPS) is 10.9. The molecule has 0 saturated heterocycles. The number of hydrogen-bond acceptors (Lipinski definition) is 7. The van der Waals surface area contributed by atoms with Crippen LogP contribution in [-0.2, 0) is 0 Å². The van der Waals surface area contributed by atoms with Crippen molar-refractivity contribution in [1.29, 1.82) is 0 Å². The molecule has 0 N–H and O–H groups in total. The van der Waals surface area contributed by atoms with E-state index in [1.54, 1.807) is 21.3 Å². The molecule has 0 aliphatic heterocycles. The molecule has 0 aliphatic carbocycles. The molecular formula is C63H60N4O3. The second-order valence-electron chi connectivity index (χ2n) is 17.7. The molecule has 0 radical (unpaired) electrons. The molecule has 7 heteroatoms. The van der Waals surface area contributed by atoms with Crippen molar-refractivity contribution in [2.24, 2.45) is 0 Å². The first-order valence-corrected chi connectivity index (χ1v) is 23.7. The van der Waals surface area contributed by atoms with Crippen LogP contribution in [0.3, 0.4) is 0 Å². The first kappa shape index (κ1) is 46.7. The Kier molecular flexibility index (Phi) is 13.6. The van der Waals surface area contributed by atoms with E-state index in [9.17, 15) is 0 Å². The van der Waals surface area contributed by atoms with Gasteiger partial charge in [-0.2, -0.15) is 0 Å². The smallest absolute Gasteiger partial charge is 0.119 e. The number of anilines is 12. The van der Waals surface area contributed by atoms with E-state index in [0.29, 0.717) is 0 Å². The molecule has 9 rings (SSSR count). The lowest BCUT2D eigenvalue weighted by Crippen LogP contribution is -2.18. The molecule has 0 fully saturated rings. The van der Waals surface area contributed by atoms with Gasteiger partial charge in [0, 0.05) is 68.2 Å². The number of ether oxygens (including phenoxy) is 3. The lowest BCUT2D eigenvalue weighted by molar-refractivity contribution is 0.414. The Hall–Kier alpha value is -8.42. The van der Waals surface area contributed by atoms with Crippen molar-refractivity contribution in [3.63, 3.8) is 0 Å². The van der Waals surface area contributed by atoms with Crippen LogP contribution >= 0.6 is 0 Å². The quantitative estimate of drug-likeness (QED) is 0.101. The van der Waals surface area contributed by atoms with Gasteiger partial charge in [-0.15, -0.1) is 0 Å². The van der Waals surface area contributed by atoms with E-state index in [1.807, 2.05) is 36.4 Å². The molecule has 0 aromatic heterocycles. The van der Waals surface area contributed by atoms with Gasteiger partial charge >= 0.3 is 0 Å². The highest BCUT2D eigenvalue weighted by molar-refractivity contribution is 5.90. The first-order chi connectivity index (χ1) is 34.1. The average molecular weight is 921 g/mol. The molecule has 9 aromatic rings. The summed E-state index contributed by atoms with van der Waals surface area (Å²) in [4.78, 5) is 9.47. The fraction of sp³-hybridized carbons (Fsp3) is 0.143. The van der Waals surface area contributed by atoms with Crippen molar-refractivity contribution in [3.8, 4) is 17.2 Å². The Labute approximate surface area is 414 Å². The Balaban J connectivity index is 1.24. The van der Waals surface area contributed by atoms with E-state index >= 15 is 0 Å². The zero-order valence-corrected chi connectivity index (χ0v) is 41.6. The maximum absolute atomic E-state index is 5.57. The van der Waals surface area contributed by atoms with E-state index in [-0.39, 0.29) is 0 Å². The molecule has 0 bridgehead atoms. The molecule has 0 spiro atoms. The summed E-state index contributed by atoms with van der Waals surface area (Å²) in [5.41, 5.74) is 19.7. The number of benzene rings is 9. The van der Waals surface area contributed by atoms with Gasteiger partial charge in [-0.1, -0.05) is 54.6 Å². The number of hydrogen-bond donors (Lipinski definition) is 0. The molecule has 70 heavy (non-hydrogen) atoms. The Morgan fingerprint density at radius 1 is 0.229 bits per heavy atom. The summed E-state index contributed by atoms with van der Waals surface area (Å²) >= 11 is 0. The van der Waals surface area contributed by atoms with Gasteiger partial charge in [0.2, 0.25) is 0 Å². The minimum atomic E-state index is 0.816. The third-order valence-electron chi connectivity index (χ3n) is 13.0. The minimum absolute atomic E-state index is 0.816. The number of aryl methyl sites for hydroxylation is 6. The lowest BCUT2D eigenvalue weighted by Gasteiger charge is -2.35. The highest BCUT2D eigenvalue weighted by Crippen LogP contribution is 2.49. The fourth-order valence-corrected chi connectivity index (χ4v) is 9.40. The molecule has 0 unspecified atom stereocenters. The standard InChI is InChI=1S/C63H60N4O3/c1-43-40-61(46(4)37-58(43)64(49-19-13-10-14-20-49)52-25-31-55(68-7)32-26-52)67(62-41-44(2)59(38-47(62)5)65(50-21-15-11-16-22-50)53-27-33-56(69-8)34-28-53)63-42-45(3)60(39-48(63)6)66(51-23-17-12-18-24-51)54-29-35-57(70-9)36-30-54/h10-42H,1-9H3. The van der Waals surface area contributed by atoms with Crippen LogP contribution in [0.25, 0.3) is 0 Å². The molecule has 0 heterocycles. The van der Waals surface area contributed by atoms with Gasteiger partial charge in [0.15, 0.2) is 0 Å². The van der Waals surface area contributed by atoms with Gasteiger partial charge in [-0.3, -0.25) is 0 Å². The summed E-state index contributed by atoms with van der Waals surface area (Å²) in [6.45, 7) is 13.4. The Morgan fingerprint density at radius 3 is 0.614 bits per heavy atom. The predicted octanol–water partition coefficient (Wildman–Crippen LogP) is 17.4. The first-order valence-electron chi connectivity index (χ1n) is 23.7. The van der Waals surface area contributed by atoms with Gasteiger partial charge in [-0.05, 0) is 221 Å². The zero-order valence-electron chi connectivity index (χ0n) is 41.6. The highest BCUT2D eigenvalue weighted by Gasteiger charge is 2.26. The van der Waals surface area contributed by atoms with Crippen molar-refractivity contribution in [2.45, 2.75) is 41.5 Å². The molecule has 350 valence electrons. The molecule has 0 saturated carbocycles. The van der Waals surface area contributed by atoms with Crippen LogP contribution in [0, 0.1) is 41.5 Å². The summed E-state index contributed by atoms with van der Waals surface area (Å²) < 4.78 is 16.7. The Morgan fingerprint density at radius 2 is 0.414 bits per heavy atom. The van der Waals surface area contributed by atoms with Gasteiger partial charge in [0.25, 0.3) is 0 Å². The number of nitrogens with zero attached hydrogens (tertiary/aromatic N) is 4.